The highest BCUT2D eigenvalue weighted by Gasteiger charge is 2.25. The molecule has 4 rings (SSSR count). The molecule has 0 atom stereocenters. The van der Waals surface area contributed by atoms with Gasteiger partial charge in [-0.05, 0) is 42.9 Å². The average Bonchev–Trinajstić information content (AvgIpc) is 3.18. The number of carbonyl (C=O) groups is 2. The molecule has 3 aromatic rings. The third kappa shape index (κ3) is 3.55. The fourth-order valence-corrected chi connectivity index (χ4v) is 3.88. The van der Waals surface area contributed by atoms with Crippen LogP contribution in [0.1, 0.15) is 57.3 Å². The predicted molar refractivity (Wildman–Crippen MR) is 109 cm³/mol. The van der Waals surface area contributed by atoms with Gasteiger partial charge < -0.3 is 4.74 Å². The predicted octanol–water partition coefficient (Wildman–Crippen LogP) is 4.72. The summed E-state index contributed by atoms with van der Waals surface area (Å²) in [6, 6.07) is 15.1. The Hall–Kier alpha value is -3.01. The molecule has 4 heteroatoms. The summed E-state index contributed by atoms with van der Waals surface area (Å²) in [4.78, 5) is 30.0. The number of hydrogen-bond acceptors (Lipinski definition) is 4. The van der Waals surface area contributed by atoms with E-state index >= 15 is 0 Å². The number of esters is 1. The first-order chi connectivity index (χ1) is 13.7. The van der Waals surface area contributed by atoms with Gasteiger partial charge in [-0.1, -0.05) is 55.8 Å². The highest BCUT2D eigenvalue weighted by Crippen LogP contribution is 2.30. The fourth-order valence-electron chi connectivity index (χ4n) is 3.88. The Balaban J connectivity index is 1.54. The first-order valence-corrected chi connectivity index (χ1v) is 9.87. The Bertz CT molecular complexity index is 1040. The van der Waals surface area contributed by atoms with E-state index in [1.807, 2.05) is 36.4 Å². The zero-order chi connectivity index (χ0) is 19.5. The van der Waals surface area contributed by atoms with Crippen LogP contribution in [0.25, 0.3) is 10.9 Å². The van der Waals surface area contributed by atoms with Crippen molar-refractivity contribution in [2.75, 3.05) is 6.61 Å². The Morgan fingerprint density at radius 1 is 1.04 bits per heavy atom. The Labute approximate surface area is 164 Å². The number of pyridine rings is 1. The molecule has 0 bridgehead atoms. The Morgan fingerprint density at radius 2 is 1.82 bits per heavy atom. The van der Waals surface area contributed by atoms with Gasteiger partial charge >= 0.3 is 5.97 Å². The largest absolute Gasteiger partial charge is 0.454 e. The summed E-state index contributed by atoms with van der Waals surface area (Å²) < 4.78 is 5.44. The highest BCUT2D eigenvalue weighted by molar-refractivity contribution is 6.06. The van der Waals surface area contributed by atoms with E-state index in [0.717, 1.165) is 54.3 Å². The lowest BCUT2D eigenvalue weighted by Gasteiger charge is -2.12. The zero-order valence-corrected chi connectivity index (χ0v) is 16.0. The number of aromatic nitrogens is 1. The maximum Gasteiger partial charge on any atom is 0.339 e. The second-order valence-electron chi connectivity index (χ2n) is 7.23. The lowest BCUT2D eigenvalue weighted by atomic mass is 10.0. The van der Waals surface area contributed by atoms with Crippen LogP contribution in [0.15, 0.2) is 48.5 Å². The summed E-state index contributed by atoms with van der Waals surface area (Å²) in [6.07, 6.45) is 4.74. The number of hydrogen-bond donors (Lipinski definition) is 0. The van der Waals surface area contributed by atoms with Gasteiger partial charge in [0.05, 0.1) is 11.1 Å². The minimum absolute atomic E-state index is 0.189. The molecular formula is C24H23NO3. The maximum atomic E-state index is 12.9. The third-order valence-electron chi connectivity index (χ3n) is 5.27. The van der Waals surface area contributed by atoms with E-state index in [9.17, 15) is 9.59 Å². The number of rotatable bonds is 6. The van der Waals surface area contributed by atoms with Gasteiger partial charge in [-0.2, -0.15) is 0 Å². The van der Waals surface area contributed by atoms with Crippen LogP contribution in [0.2, 0.25) is 0 Å². The number of aryl methyl sites for hydroxylation is 2. The zero-order valence-electron chi connectivity index (χ0n) is 16.0. The molecule has 1 heterocycles. The van der Waals surface area contributed by atoms with Crippen LogP contribution >= 0.6 is 0 Å². The summed E-state index contributed by atoms with van der Waals surface area (Å²) in [6.45, 7) is 1.87. The number of fused-ring (bicyclic) bond motifs is 2. The van der Waals surface area contributed by atoms with Crippen molar-refractivity contribution in [2.24, 2.45) is 0 Å². The molecular weight excluding hydrogens is 350 g/mol. The quantitative estimate of drug-likeness (QED) is 0.464. The smallest absolute Gasteiger partial charge is 0.339 e. The van der Waals surface area contributed by atoms with E-state index in [1.54, 1.807) is 12.1 Å². The van der Waals surface area contributed by atoms with Gasteiger partial charge in [-0.25, -0.2) is 4.79 Å². The van der Waals surface area contributed by atoms with Crippen molar-refractivity contribution < 1.29 is 14.3 Å². The molecule has 0 amide bonds. The average molecular weight is 373 g/mol. The van der Waals surface area contributed by atoms with Crippen LogP contribution in [0.3, 0.4) is 0 Å². The van der Waals surface area contributed by atoms with Crippen LogP contribution in [0, 0.1) is 0 Å². The van der Waals surface area contributed by atoms with Crippen LogP contribution in [-0.4, -0.2) is 23.3 Å². The molecule has 0 saturated carbocycles. The summed E-state index contributed by atoms with van der Waals surface area (Å²) in [5.74, 6) is -0.626. The standard InChI is InChI=1S/C24H23NO3/c1-2-6-16-11-13-17(14-12-16)22(26)15-28-24(27)23-18-7-3-4-9-20(18)25-21-10-5-8-19(21)23/h3-4,7,9,11-14H,2,5-6,8,10,15H2,1H3. The lowest BCUT2D eigenvalue weighted by Crippen LogP contribution is -2.16. The minimum atomic E-state index is -0.437. The summed E-state index contributed by atoms with van der Waals surface area (Å²) in [5.41, 5.74) is 5.09. The molecule has 0 radical (unpaired) electrons. The van der Waals surface area contributed by atoms with Crippen LogP contribution in [-0.2, 0) is 24.0 Å². The number of carbonyl (C=O) groups excluding carboxylic acids is 2. The molecule has 0 N–H and O–H groups in total. The first kappa shape index (κ1) is 18.4. The molecule has 1 aliphatic carbocycles. The number of nitrogens with zero attached hydrogens (tertiary/aromatic N) is 1. The molecule has 1 aliphatic rings. The van der Waals surface area contributed by atoms with Crippen molar-refractivity contribution in [1.82, 2.24) is 4.98 Å². The van der Waals surface area contributed by atoms with Gasteiger partial charge in [0.25, 0.3) is 0 Å². The highest BCUT2D eigenvalue weighted by atomic mass is 16.5. The van der Waals surface area contributed by atoms with Crippen molar-refractivity contribution in [3.05, 3.63) is 76.5 Å². The molecule has 2 aromatic carbocycles. The number of ether oxygens (including phenoxy) is 1. The number of benzene rings is 2. The summed E-state index contributed by atoms with van der Waals surface area (Å²) in [5, 5.41) is 0.796. The van der Waals surface area contributed by atoms with Crippen molar-refractivity contribution in [3.8, 4) is 0 Å². The number of para-hydroxylation sites is 1. The van der Waals surface area contributed by atoms with Gasteiger partial charge in [0.2, 0.25) is 0 Å². The van der Waals surface area contributed by atoms with Crippen molar-refractivity contribution in [2.45, 2.75) is 39.0 Å². The van der Waals surface area contributed by atoms with Gasteiger partial charge in [0.15, 0.2) is 12.4 Å². The molecule has 0 aliphatic heterocycles. The van der Waals surface area contributed by atoms with E-state index in [0.29, 0.717) is 11.1 Å². The van der Waals surface area contributed by atoms with E-state index in [1.165, 1.54) is 5.56 Å². The van der Waals surface area contributed by atoms with E-state index in [-0.39, 0.29) is 12.4 Å². The van der Waals surface area contributed by atoms with Crippen LogP contribution in [0.4, 0.5) is 0 Å². The fraction of sp³-hybridized carbons (Fsp3) is 0.292. The minimum Gasteiger partial charge on any atom is -0.454 e. The molecule has 0 spiro atoms. The van der Waals surface area contributed by atoms with Crippen molar-refractivity contribution in [1.29, 1.82) is 0 Å². The molecule has 1 aromatic heterocycles. The molecule has 0 fully saturated rings. The topological polar surface area (TPSA) is 56.3 Å². The molecule has 0 unspecified atom stereocenters. The van der Waals surface area contributed by atoms with Crippen LogP contribution < -0.4 is 0 Å². The Kier molecular flexibility index (Phi) is 5.20. The SMILES string of the molecule is CCCc1ccc(C(=O)COC(=O)c2c3c(nc4ccccc24)CCC3)cc1. The van der Waals surface area contributed by atoms with Crippen LogP contribution in [0.5, 0.6) is 0 Å². The third-order valence-corrected chi connectivity index (χ3v) is 5.27. The lowest BCUT2D eigenvalue weighted by molar-refractivity contribution is 0.0475. The van der Waals surface area contributed by atoms with Gasteiger partial charge in [0.1, 0.15) is 0 Å². The normalized spacial score (nSPS) is 12.8. The monoisotopic (exact) mass is 373 g/mol. The summed E-state index contributed by atoms with van der Waals surface area (Å²) >= 11 is 0. The second-order valence-corrected chi connectivity index (χ2v) is 7.23. The Morgan fingerprint density at radius 3 is 2.61 bits per heavy atom. The van der Waals surface area contributed by atoms with Gasteiger partial charge in [-0.3, -0.25) is 9.78 Å². The number of Topliss-reactive ketones (excluding diaryl/α,β-unsaturated/α-hetero) is 1. The van der Waals surface area contributed by atoms with E-state index in [4.69, 9.17) is 9.72 Å². The van der Waals surface area contributed by atoms with Crippen molar-refractivity contribution >= 4 is 22.7 Å². The van der Waals surface area contributed by atoms with E-state index in [2.05, 4.69) is 6.92 Å². The van der Waals surface area contributed by atoms with Crippen molar-refractivity contribution in [3.63, 3.8) is 0 Å². The maximum absolute atomic E-state index is 12.9. The van der Waals surface area contributed by atoms with Gasteiger partial charge in [0, 0.05) is 16.6 Å². The number of ketones is 1. The first-order valence-electron chi connectivity index (χ1n) is 9.87. The summed E-state index contributed by atoms with van der Waals surface area (Å²) in [7, 11) is 0. The molecule has 0 saturated heterocycles. The molecule has 142 valence electrons. The van der Waals surface area contributed by atoms with E-state index < -0.39 is 5.97 Å². The molecule has 28 heavy (non-hydrogen) atoms. The molecule has 4 nitrogen and oxygen atoms in total. The second kappa shape index (κ2) is 7.93. The van der Waals surface area contributed by atoms with Gasteiger partial charge in [-0.15, -0.1) is 0 Å².